The van der Waals surface area contributed by atoms with Gasteiger partial charge in [-0.2, -0.15) is 0 Å². The number of aliphatic hydroxyl groups is 1. The zero-order valence-corrected chi connectivity index (χ0v) is 11.2. The standard InChI is InChI=1S/C14H13ClF2N2O/c15-11-6-12(16)9(5-13(11)17)14(20)10(7-18)8-1-3-19-4-2-8/h1-6,10,14,20H,7,18H2. The zero-order valence-electron chi connectivity index (χ0n) is 10.4. The average Bonchev–Trinajstić information content (AvgIpc) is 2.44. The molecular weight excluding hydrogens is 286 g/mol. The van der Waals surface area contributed by atoms with Crippen molar-refractivity contribution >= 4 is 11.6 Å². The van der Waals surface area contributed by atoms with Crippen LogP contribution < -0.4 is 5.73 Å². The highest BCUT2D eigenvalue weighted by atomic mass is 35.5. The normalized spacial score (nSPS) is 14.1. The molecule has 20 heavy (non-hydrogen) atoms. The summed E-state index contributed by atoms with van der Waals surface area (Å²) >= 11 is 5.49. The number of aliphatic hydroxyl groups excluding tert-OH is 1. The lowest BCUT2D eigenvalue weighted by Gasteiger charge is -2.22. The van der Waals surface area contributed by atoms with Crippen molar-refractivity contribution in [3.8, 4) is 0 Å². The van der Waals surface area contributed by atoms with E-state index in [4.69, 9.17) is 17.3 Å². The Morgan fingerprint density at radius 3 is 2.45 bits per heavy atom. The molecule has 2 unspecified atom stereocenters. The summed E-state index contributed by atoms with van der Waals surface area (Å²) < 4.78 is 27.3. The highest BCUT2D eigenvalue weighted by Gasteiger charge is 2.25. The van der Waals surface area contributed by atoms with Gasteiger partial charge in [0.2, 0.25) is 0 Å². The van der Waals surface area contributed by atoms with E-state index in [0.29, 0.717) is 5.56 Å². The molecule has 0 saturated carbocycles. The van der Waals surface area contributed by atoms with Gasteiger partial charge in [-0.25, -0.2) is 8.78 Å². The minimum absolute atomic E-state index is 0.0782. The Kier molecular flexibility index (Phi) is 4.65. The second kappa shape index (κ2) is 6.26. The fourth-order valence-electron chi connectivity index (χ4n) is 2.04. The molecule has 106 valence electrons. The van der Waals surface area contributed by atoms with Crippen molar-refractivity contribution in [3.05, 3.63) is 64.4 Å². The van der Waals surface area contributed by atoms with E-state index >= 15 is 0 Å². The van der Waals surface area contributed by atoms with Crippen LogP contribution in [0.1, 0.15) is 23.1 Å². The summed E-state index contributed by atoms with van der Waals surface area (Å²) in [6.07, 6.45) is 1.82. The molecule has 0 radical (unpaired) electrons. The summed E-state index contributed by atoms with van der Waals surface area (Å²) in [5.41, 5.74) is 6.17. The fourth-order valence-corrected chi connectivity index (χ4v) is 2.19. The van der Waals surface area contributed by atoms with Crippen LogP contribution in [0.3, 0.4) is 0 Å². The quantitative estimate of drug-likeness (QED) is 0.853. The molecule has 0 aliphatic heterocycles. The topological polar surface area (TPSA) is 59.1 Å². The molecule has 0 saturated heterocycles. The van der Waals surface area contributed by atoms with Crippen LogP contribution in [0.25, 0.3) is 0 Å². The summed E-state index contributed by atoms with van der Waals surface area (Å²) in [5, 5.41) is 9.95. The largest absolute Gasteiger partial charge is 0.388 e. The second-order valence-electron chi connectivity index (χ2n) is 4.36. The van der Waals surface area contributed by atoms with Gasteiger partial charge in [0.05, 0.1) is 11.1 Å². The number of rotatable bonds is 4. The van der Waals surface area contributed by atoms with Crippen LogP contribution in [-0.4, -0.2) is 16.6 Å². The van der Waals surface area contributed by atoms with Crippen LogP contribution in [0, 0.1) is 11.6 Å². The van der Waals surface area contributed by atoms with E-state index in [1.165, 1.54) is 0 Å². The maximum absolute atomic E-state index is 13.8. The molecular formula is C14H13ClF2N2O. The van der Waals surface area contributed by atoms with Crippen molar-refractivity contribution in [2.24, 2.45) is 5.73 Å². The molecule has 0 aliphatic carbocycles. The van der Waals surface area contributed by atoms with Crippen LogP contribution in [0.15, 0.2) is 36.7 Å². The number of hydrogen-bond donors (Lipinski definition) is 2. The minimum Gasteiger partial charge on any atom is -0.388 e. The smallest absolute Gasteiger partial charge is 0.142 e. The van der Waals surface area contributed by atoms with Gasteiger partial charge in [0, 0.05) is 30.4 Å². The molecule has 0 bridgehead atoms. The molecule has 2 aromatic rings. The van der Waals surface area contributed by atoms with E-state index in [0.717, 1.165) is 12.1 Å². The molecule has 0 spiro atoms. The first kappa shape index (κ1) is 14.8. The Labute approximate surface area is 120 Å². The van der Waals surface area contributed by atoms with Crippen LogP contribution >= 0.6 is 11.6 Å². The Morgan fingerprint density at radius 2 is 1.85 bits per heavy atom. The summed E-state index contributed by atoms with van der Waals surface area (Å²) in [5.74, 6) is -2.11. The molecule has 0 aliphatic rings. The van der Waals surface area contributed by atoms with Crippen LogP contribution in [-0.2, 0) is 0 Å². The van der Waals surface area contributed by atoms with Crippen LogP contribution in [0.4, 0.5) is 8.78 Å². The predicted octanol–water partition coefficient (Wildman–Crippen LogP) is 2.79. The Morgan fingerprint density at radius 1 is 1.20 bits per heavy atom. The number of benzene rings is 1. The molecule has 1 heterocycles. The van der Waals surface area contributed by atoms with Crippen molar-refractivity contribution in [2.75, 3.05) is 6.54 Å². The summed E-state index contributed by atoms with van der Waals surface area (Å²) in [6, 6.07) is 5.08. The van der Waals surface area contributed by atoms with E-state index in [9.17, 15) is 13.9 Å². The van der Waals surface area contributed by atoms with Crippen molar-refractivity contribution in [1.82, 2.24) is 4.98 Å². The molecule has 1 aromatic heterocycles. The maximum atomic E-state index is 13.8. The highest BCUT2D eigenvalue weighted by Crippen LogP contribution is 2.33. The van der Waals surface area contributed by atoms with E-state index in [1.54, 1.807) is 24.5 Å². The number of halogens is 3. The van der Waals surface area contributed by atoms with Gasteiger partial charge in [-0.3, -0.25) is 4.98 Å². The van der Waals surface area contributed by atoms with Crippen molar-refractivity contribution in [2.45, 2.75) is 12.0 Å². The number of hydrogen-bond acceptors (Lipinski definition) is 3. The second-order valence-corrected chi connectivity index (χ2v) is 4.76. The van der Waals surface area contributed by atoms with E-state index in [2.05, 4.69) is 4.98 Å². The molecule has 3 nitrogen and oxygen atoms in total. The highest BCUT2D eigenvalue weighted by molar-refractivity contribution is 6.30. The van der Waals surface area contributed by atoms with E-state index in [-0.39, 0.29) is 17.1 Å². The predicted molar refractivity (Wildman–Crippen MR) is 72.4 cm³/mol. The molecule has 2 atom stereocenters. The minimum atomic E-state index is -1.27. The third kappa shape index (κ3) is 2.95. The Balaban J connectivity index is 2.39. The first-order valence-corrected chi connectivity index (χ1v) is 6.35. The Hall–Kier alpha value is -1.56. The average molecular weight is 299 g/mol. The van der Waals surface area contributed by atoms with Crippen molar-refractivity contribution < 1.29 is 13.9 Å². The summed E-state index contributed by atoms with van der Waals surface area (Å²) in [6.45, 7) is 0.0782. The lowest BCUT2D eigenvalue weighted by molar-refractivity contribution is 0.142. The molecule has 0 amide bonds. The van der Waals surface area contributed by atoms with Gasteiger partial charge < -0.3 is 10.8 Å². The third-order valence-electron chi connectivity index (χ3n) is 3.13. The molecule has 0 fully saturated rings. The molecule has 1 aromatic carbocycles. The lowest BCUT2D eigenvalue weighted by atomic mass is 9.89. The van der Waals surface area contributed by atoms with Gasteiger partial charge in [-0.05, 0) is 29.8 Å². The Bertz CT molecular complexity index is 595. The number of nitrogens with zero attached hydrogens (tertiary/aromatic N) is 1. The SMILES string of the molecule is NCC(c1ccncc1)C(O)c1cc(F)c(Cl)cc1F. The summed E-state index contributed by atoms with van der Waals surface area (Å²) in [4.78, 5) is 3.86. The third-order valence-corrected chi connectivity index (χ3v) is 3.42. The molecule has 3 N–H and O–H groups in total. The number of aromatic nitrogens is 1. The van der Waals surface area contributed by atoms with Crippen molar-refractivity contribution in [1.29, 1.82) is 0 Å². The number of nitrogens with two attached hydrogens (primary N) is 1. The first-order chi connectivity index (χ1) is 9.54. The lowest BCUT2D eigenvalue weighted by Crippen LogP contribution is -2.21. The zero-order chi connectivity index (χ0) is 14.7. The van der Waals surface area contributed by atoms with Gasteiger partial charge in [-0.15, -0.1) is 0 Å². The monoisotopic (exact) mass is 298 g/mol. The molecule has 2 rings (SSSR count). The molecule has 6 heteroatoms. The van der Waals surface area contributed by atoms with Gasteiger partial charge in [0.25, 0.3) is 0 Å². The van der Waals surface area contributed by atoms with Crippen LogP contribution in [0.2, 0.25) is 5.02 Å². The fraction of sp³-hybridized carbons (Fsp3) is 0.214. The van der Waals surface area contributed by atoms with E-state index < -0.39 is 23.7 Å². The maximum Gasteiger partial charge on any atom is 0.142 e. The van der Waals surface area contributed by atoms with Crippen molar-refractivity contribution in [3.63, 3.8) is 0 Å². The van der Waals surface area contributed by atoms with E-state index in [1.807, 2.05) is 0 Å². The number of pyridine rings is 1. The van der Waals surface area contributed by atoms with Gasteiger partial charge in [-0.1, -0.05) is 11.6 Å². The van der Waals surface area contributed by atoms with Crippen LogP contribution in [0.5, 0.6) is 0 Å². The summed E-state index contributed by atoms with van der Waals surface area (Å²) in [7, 11) is 0. The van der Waals surface area contributed by atoms with Gasteiger partial charge >= 0.3 is 0 Å². The van der Waals surface area contributed by atoms with Gasteiger partial charge in [0.15, 0.2) is 0 Å². The first-order valence-electron chi connectivity index (χ1n) is 5.97. The van der Waals surface area contributed by atoms with Gasteiger partial charge in [0.1, 0.15) is 11.6 Å².